The van der Waals surface area contributed by atoms with Gasteiger partial charge in [-0.1, -0.05) is 45.4 Å². The van der Waals surface area contributed by atoms with Crippen molar-refractivity contribution in [1.29, 1.82) is 0 Å². The number of hydrogen-bond donors (Lipinski definition) is 2. The Bertz CT molecular complexity index is 332. The third-order valence-electron chi connectivity index (χ3n) is 4.41. The summed E-state index contributed by atoms with van der Waals surface area (Å²) in [5.74, 6) is -3.45. The third-order valence-corrected chi connectivity index (χ3v) is 4.41. The van der Waals surface area contributed by atoms with Gasteiger partial charge in [-0.2, -0.15) is 0 Å². The summed E-state index contributed by atoms with van der Waals surface area (Å²) in [6, 6.07) is 0. The van der Waals surface area contributed by atoms with Crippen LogP contribution in [0.1, 0.15) is 58.3 Å². The standard InChI is InChI=1S/C16H29NO4/c1-2-3-4-5-6-7-8-10-17-11-9-13(15(18)19)14(12-17)16(20)21/h13-14H,2-12H2,1H3,(H,18,19)(H,20,21). The van der Waals surface area contributed by atoms with Crippen molar-refractivity contribution in [2.45, 2.75) is 58.3 Å². The number of likely N-dealkylation sites (tertiary alicyclic amines) is 1. The Morgan fingerprint density at radius 2 is 1.52 bits per heavy atom. The summed E-state index contributed by atoms with van der Waals surface area (Å²) in [6.45, 7) is 4.18. The zero-order chi connectivity index (χ0) is 15.7. The van der Waals surface area contributed by atoms with E-state index in [-0.39, 0.29) is 0 Å². The summed E-state index contributed by atoms with van der Waals surface area (Å²) in [5.41, 5.74) is 0. The fraction of sp³-hybridized carbons (Fsp3) is 0.875. The second kappa shape index (κ2) is 9.77. The zero-order valence-corrected chi connectivity index (χ0v) is 13.1. The van der Waals surface area contributed by atoms with Crippen LogP contribution >= 0.6 is 0 Å². The summed E-state index contributed by atoms with van der Waals surface area (Å²) < 4.78 is 0. The summed E-state index contributed by atoms with van der Waals surface area (Å²) >= 11 is 0. The molecule has 0 aromatic rings. The lowest BCUT2D eigenvalue weighted by atomic mass is 9.85. The van der Waals surface area contributed by atoms with Crippen molar-refractivity contribution in [3.8, 4) is 0 Å². The molecule has 1 aliphatic rings. The van der Waals surface area contributed by atoms with Gasteiger partial charge in [0.25, 0.3) is 0 Å². The molecule has 0 aliphatic carbocycles. The van der Waals surface area contributed by atoms with Crippen LogP contribution in [-0.4, -0.2) is 46.7 Å². The first-order chi connectivity index (χ1) is 10.1. The summed E-state index contributed by atoms with van der Waals surface area (Å²) in [4.78, 5) is 24.4. The second-order valence-corrected chi connectivity index (χ2v) is 6.10. The number of carboxylic acids is 2. The van der Waals surface area contributed by atoms with Crippen molar-refractivity contribution in [3.63, 3.8) is 0 Å². The van der Waals surface area contributed by atoms with Crippen molar-refractivity contribution in [3.05, 3.63) is 0 Å². The summed E-state index contributed by atoms with van der Waals surface area (Å²) in [7, 11) is 0. The van der Waals surface area contributed by atoms with Crippen molar-refractivity contribution in [1.82, 2.24) is 4.90 Å². The van der Waals surface area contributed by atoms with E-state index < -0.39 is 23.8 Å². The molecular weight excluding hydrogens is 270 g/mol. The first-order valence-electron chi connectivity index (χ1n) is 8.24. The summed E-state index contributed by atoms with van der Waals surface area (Å²) in [5, 5.41) is 18.3. The molecule has 1 saturated heterocycles. The van der Waals surface area contributed by atoms with Crippen LogP contribution in [-0.2, 0) is 9.59 Å². The van der Waals surface area contributed by atoms with Gasteiger partial charge in [-0.25, -0.2) is 0 Å². The maximum Gasteiger partial charge on any atom is 0.308 e. The molecule has 0 radical (unpaired) electrons. The van der Waals surface area contributed by atoms with Crippen molar-refractivity contribution in [2.24, 2.45) is 11.8 Å². The normalized spacial score (nSPS) is 23.1. The van der Waals surface area contributed by atoms with Gasteiger partial charge in [-0.15, -0.1) is 0 Å². The lowest BCUT2D eigenvalue weighted by Crippen LogP contribution is -2.46. The van der Waals surface area contributed by atoms with E-state index in [9.17, 15) is 14.7 Å². The van der Waals surface area contributed by atoms with Gasteiger partial charge in [-0.3, -0.25) is 9.59 Å². The molecule has 0 bridgehead atoms. The Morgan fingerprint density at radius 3 is 2.10 bits per heavy atom. The molecule has 0 aromatic carbocycles. The number of unbranched alkanes of at least 4 members (excludes halogenated alkanes) is 6. The van der Waals surface area contributed by atoms with E-state index >= 15 is 0 Å². The van der Waals surface area contributed by atoms with Crippen LogP contribution in [0.4, 0.5) is 0 Å². The molecule has 0 saturated carbocycles. The monoisotopic (exact) mass is 299 g/mol. The molecule has 0 spiro atoms. The number of rotatable bonds is 10. The number of aliphatic carboxylic acids is 2. The fourth-order valence-corrected chi connectivity index (χ4v) is 3.06. The molecule has 122 valence electrons. The van der Waals surface area contributed by atoms with E-state index in [1.165, 1.54) is 38.5 Å². The van der Waals surface area contributed by atoms with E-state index in [1.54, 1.807) is 0 Å². The van der Waals surface area contributed by atoms with Gasteiger partial charge in [-0.05, 0) is 25.9 Å². The molecule has 0 amide bonds. The van der Waals surface area contributed by atoms with Gasteiger partial charge < -0.3 is 15.1 Å². The molecule has 1 fully saturated rings. The van der Waals surface area contributed by atoms with Gasteiger partial charge in [0.15, 0.2) is 0 Å². The van der Waals surface area contributed by atoms with Crippen molar-refractivity contribution >= 4 is 11.9 Å². The Balaban J connectivity index is 2.22. The quantitative estimate of drug-likeness (QED) is 0.606. The molecular formula is C16H29NO4. The fourth-order valence-electron chi connectivity index (χ4n) is 3.06. The smallest absolute Gasteiger partial charge is 0.308 e. The average Bonchev–Trinajstić information content (AvgIpc) is 2.46. The molecule has 2 N–H and O–H groups in total. The minimum Gasteiger partial charge on any atom is -0.481 e. The first kappa shape index (κ1) is 18.0. The molecule has 1 rings (SSSR count). The average molecular weight is 299 g/mol. The second-order valence-electron chi connectivity index (χ2n) is 6.10. The van der Waals surface area contributed by atoms with Gasteiger partial charge in [0.05, 0.1) is 11.8 Å². The molecule has 5 heteroatoms. The van der Waals surface area contributed by atoms with E-state index in [0.29, 0.717) is 19.5 Å². The molecule has 0 aromatic heterocycles. The molecule has 5 nitrogen and oxygen atoms in total. The van der Waals surface area contributed by atoms with Crippen LogP contribution in [0.15, 0.2) is 0 Å². The van der Waals surface area contributed by atoms with Crippen LogP contribution in [0.25, 0.3) is 0 Å². The maximum absolute atomic E-state index is 11.2. The van der Waals surface area contributed by atoms with Gasteiger partial charge in [0.2, 0.25) is 0 Å². The number of nitrogens with zero attached hydrogens (tertiary/aromatic N) is 1. The van der Waals surface area contributed by atoms with Gasteiger partial charge in [0.1, 0.15) is 0 Å². The topological polar surface area (TPSA) is 77.8 Å². The highest BCUT2D eigenvalue weighted by Gasteiger charge is 2.38. The SMILES string of the molecule is CCCCCCCCCN1CCC(C(=O)O)C(C(=O)O)C1. The Morgan fingerprint density at radius 1 is 0.952 bits per heavy atom. The Hall–Kier alpha value is -1.10. The highest BCUT2D eigenvalue weighted by atomic mass is 16.4. The first-order valence-corrected chi connectivity index (χ1v) is 8.24. The number of hydrogen-bond acceptors (Lipinski definition) is 3. The molecule has 1 heterocycles. The lowest BCUT2D eigenvalue weighted by Gasteiger charge is -2.34. The minimum absolute atomic E-state index is 0.377. The Kier molecular flexibility index (Phi) is 8.35. The predicted octanol–water partition coefficient (Wildman–Crippen LogP) is 2.84. The van der Waals surface area contributed by atoms with E-state index in [4.69, 9.17) is 5.11 Å². The van der Waals surface area contributed by atoms with E-state index in [1.807, 2.05) is 0 Å². The largest absolute Gasteiger partial charge is 0.481 e. The zero-order valence-electron chi connectivity index (χ0n) is 13.1. The van der Waals surface area contributed by atoms with Gasteiger partial charge in [0, 0.05) is 6.54 Å². The number of carboxylic acid groups (broad SMARTS) is 2. The highest BCUT2D eigenvalue weighted by molar-refractivity contribution is 5.80. The van der Waals surface area contributed by atoms with E-state index in [2.05, 4.69) is 11.8 Å². The molecule has 2 atom stereocenters. The molecule has 1 aliphatic heterocycles. The lowest BCUT2D eigenvalue weighted by molar-refractivity contribution is -0.157. The summed E-state index contributed by atoms with van der Waals surface area (Å²) in [6.07, 6.45) is 9.11. The van der Waals surface area contributed by atoms with Crippen molar-refractivity contribution < 1.29 is 19.8 Å². The van der Waals surface area contributed by atoms with Gasteiger partial charge >= 0.3 is 11.9 Å². The number of carbonyl (C=O) groups is 2. The van der Waals surface area contributed by atoms with E-state index in [0.717, 1.165) is 13.0 Å². The minimum atomic E-state index is -0.980. The molecule has 2 unspecified atom stereocenters. The van der Waals surface area contributed by atoms with Crippen LogP contribution in [0.3, 0.4) is 0 Å². The highest BCUT2D eigenvalue weighted by Crippen LogP contribution is 2.24. The number of piperidine rings is 1. The van der Waals surface area contributed by atoms with Crippen LogP contribution in [0, 0.1) is 11.8 Å². The Labute approximate surface area is 127 Å². The van der Waals surface area contributed by atoms with Crippen LogP contribution in [0.2, 0.25) is 0 Å². The van der Waals surface area contributed by atoms with Crippen LogP contribution < -0.4 is 0 Å². The van der Waals surface area contributed by atoms with Crippen molar-refractivity contribution in [2.75, 3.05) is 19.6 Å². The predicted molar refractivity (Wildman–Crippen MR) is 81.3 cm³/mol. The maximum atomic E-state index is 11.2. The van der Waals surface area contributed by atoms with Crippen LogP contribution in [0.5, 0.6) is 0 Å². The molecule has 21 heavy (non-hydrogen) atoms. The third kappa shape index (κ3) is 6.46.